The topological polar surface area (TPSA) is 12.0 Å². The van der Waals surface area contributed by atoms with E-state index in [2.05, 4.69) is 36.7 Å². The number of alkyl halides is 1. The first-order valence-electron chi connectivity index (χ1n) is 4.97. The van der Waals surface area contributed by atoms with Crippen molar-refractivity contribution in [2.24, 2.45) is 0 Å². The van der Waals surface area contributed by atoms with Crippen LogP contribution in [0.2, 0.25) is 0 Å². The third kappa shape index (κ3) is 3.60. The first-order chi connectivity index (χ1) is 6.67. The van der Waals surface area contributed by atoms with Gasteiger partial charge < -0.3 is 5.32 Å². The molecule has 3 heteroatoms. The van der Waals surface area contributed by atoms with Crippen molar-refractivity contribution in [3.05, 3.63) is 22.4 Å². The van der Waals surface area contributed by atoms with E-state index in [4.69, 9.17) is 11.6 Å². The summed E-state index contributed by atoms with van der Waals surface area (Å²) in [6.45, 7) is 6.57. The van der Waals surface area contributed by atoms with Crippen molar-refractivity contribution < 1.29 is 0 Å². The molecule has 0 aliphatic rings. The van der Waals surface area contributed by atoms with Crippen molar-refractivity contribution in [3.63, 3.8) is 0 Å². The fourth-order valence-electron chi connectivity index (χ4n) is 1.34. The van der Waals surface area contributed by atoms with Gasteiger partial charge in [-0.1, -0.05) is 19.9 Å². The van der Waals surface area contributed by atoms with E-state index in [1.165, 1.54) is 4.88 Å². The number of thiophene rings is 1. The molecule has 1 nitrogen and oxygen atoms in total. The predicted octanol–water partition coefficient (Wildman–Crippen LogP) is 3.24. The number of halogens is 1. The van der Waals surface area contributed by atoms with Gasteiger partial charge in [-0.05, 0) is 24.4 Å². The first-order valence-corrected chi connectivity index (χ1v) is 6.39. The van der Waals surface area contributed by atoms with Crippen LogP contribution in [0, 0.1) is 0 Å². The van der Waals surface area contributed by atoms with Crippen LogP contribution in [-0.4, -0.2) is 19.0 Å². The Morgan fingerprint density at radius 3 is 2.86 bits per heavy atom. The largest absolute Gasteiger partial charge is 0.316 e. The third-order valence-corrected chi connectivity index (χ3v) is 3.75. The molecule has 0 radical (unpaired) electrons. The van der Waals surface area contributed by atoms with Crippen molar-refractivity contribution in [3.8, 4) is 0 Å². The molecule has 0 fully saturated rings. The van der Waals surface area contributed by atoms with Gasteiger partial charge in [0.1, 0.15) is 0 Å². The van der Waals surface area contributed by atoms with Crippen LogP contribution in [0.4, 0.5) is 0 Å². The number of rotatable bonds is 6. The van der Waals surface area contributed by atoms with Crippen molar-refractivity contribution in [1.82, 2.24) is 5.32 Å². The van der Waals surface area contributed by atoms with Gasteiger partial charge in [-0.25, -0.2) is 0 Å². The van der Waals surface area contributed by atoms with Crippen LogP contribution in [0.5, 0.6) is 0 Å². The molecule has 0 saturated heterocycles. The lowest BCUT2D eigenvalue weighted by molar-refractivity contribution is 0.478. The van der Waals surface area contributed by atoms with Gasteiger partial charge in [-0.15, -0.1) is 22.9 Å². The Morgan fingerprint density at radius 2 is 2.29 bits per heavy atom. The maximum atomic E-state index is 5.61. The summed E-state index contributed by atoms with van der Waals surface area (Å²) in [6, 6.07) is 4.31. The van der Waals surface area contributed by atoms with Gasteiger partial charge in [0.15, 0.2) is 0 Å². The van der Waals surface area contributed by atoms with E-state index < -0.39 is 0 Å². The highest BCUT2D eigenvalue weighted by Crippen LogP contribution is 2.26. The smallest absolute Gasteiger partial charge is 0.0235 e. The lowest BCUT2D eigenvalue weighted by Gasteiger charge is -2.23. The minimum absolute atomic E-state index is 0.237. The molecule has 80 valence electrons. The maximum Gasteiger partial charge on any atom is 0.0235 e. The quantitative estimate of drug-likeness (QED) is 0.586. The molecular formula is C11H18ClNS. The zero-order valence-corrected chi connectivity index (χ0v) is 10.4. The third-order valence-electron chi connectivity index (χ3n) is 2.24. The Kier molecular flexibility index (Phi) is 4.93. The fourth-order valence-corrected chi connectivity index (χ4v) is 2.33. The summed E-state index contributed by atoms with van der Waals surface area (Å²) in [7, 11) is 0. The maximum absolute atomic E-state index is 5.61. The Labute approximate surface area is 95.5 Å². The summed E-state index contributed by atoms with van der Waals surface area (Å²) in [5.41, 5.74) is 0.237. The van der Waals surface area contributed by atoms with Crippen molar-refractivity contribution in [1.29, 1.82) is 0 Å². The monoisotopic (exact) mass is 231 g/mol. The van der Waals surface area contributed by atoms with Crippen molar-refractivity contribution >= 4 is 22.9 Å². The van der Waals surface area contributed by atoms with E-state index in [0.29, 0.717) is 0 Å². The standard InChI is InChI=1S/C11H18ClNS/c1-11(2,9-13-7-4-6-12)10-5-3-8-14-10/h3,5,8,13H,4,6-7,9H2,1-2H3. The Morgan fingerprint density at radius 1 is 1.50 bits per heavy atom. The Bertz CT molecular complexity index is 244. The SMILES string of the molecule is CC(C)(CNCCCCl)c1cccs1. The van der Waals surface area contributed by atoms with Gasteiger partial charge in [0.05, 0.1) is 0 Å². The zero-order valence-electron chi connectivity index (χ0n) is 8.85. The molecule has 0 bridgehead atoms. The second kappa shape index (κ2) is 5.74. The van der Waals surface area contributed by atoms with Crippen molar-refractivity contribution in [2.75, 3.05) is 19.0 Å². The van der Waals surface area contributed by atoms with E-state index in [9.17, 15) is 0 Å². The highest BCUT2D eigenvalue weighted by molar-refractivity contribution is 7.10. The summed E-state index contributed by atoms with van der Waals surface area (Å²) < 4.78 is 0. The second-order valence-electron chi connectivity index (χ2n) is 4.08. The molecule has 0 atom stereocenters. The van der Waals surface area contributed by atoms with Crippen LogP contribution >= 0.6 is 22.9 Å². The molecule has 1 heterocycles. The molecule has 0 unspecified atom stereocenters. The molecule has 14 heavy (non-hydrogen) atoms. The fraction of sp³-hybridized carbons (Fsp3) is 0.636. The van der Waals surface area contributed by atoms with Gasteiger partial charge in [-0.2, -0.15) is 0 Å². The minimum atomic E-state index is 0.237. The van der Waals surface area contributed by atoms with Crippen LogP contribution in [0.25, 0.3) is 0 Å². The summed E-state index contributed by atoms with van der Waals surface area (Å²) in [4.78, 5) is 1.44. The summed E-state index contributed by atoms with van der Waals surface area (Å²) >= 11 is 7.44. The summed E-state index contributed by atoms with van der Waals surface area (Å²) in [5.74, 6) is 0.742. The molecule has 1 aromatic rings. The molecule has 0 aliphatic heterocycles. The molecule has 0 spiro atoms. The van der Waals surface area contributed by atoms with Gasteiger partial charge in [0, 0.05) is 22.7 Å². The van der Waals surface area contributed by atoms with Crippen LogP contribution in [0.15, 0.2) is 17.5 Å². The van der Waals surface area contributed by atoms with E-state index in [0.717, 1.165) is 25.4 Å². The average Bonchev–Trinajstić information content (AvgIpc) is 2.65. The molecular weight excluding hydrogens is 214 g/mol. The van der Waals surface area contributed by atoms with Gasteiger partial charge in [0.25, 0.3) is 0 Å². The minimum Gasteiger partial charge on any atom is -0.316 e. The van der Waals surface area contributed by atoms with Crippen LogP contribution in [0.1, 0.15) is 25.1 Å². The molecule has 1 aromatic heterocycles. The van der Waals surface area contributed by atoms with E-state index in [1.54, 1.807) is 0 Å². The Balaban J connectivity index is 2.35. The molecule has 0 aliphatic carbocycles. The molecule has 1 rings (SSSR count). The lowest BCUT2D eigenvalue weighted by Crippen LogP contribution is -2.32. The molecule has 0 saturated carbocycles. The van der Waals surface area contributed by atoms with Gasteiger partial charge in [0.2, 0.25) is 0 Å². The molecule has 1 N–H and O–H groups in total. The van der Waals surface area contributed by atoms with Crippen LogP contribution < -0.4 is 5.32 Å². The van der Waals surface area contributed by atoms with Gasteiger partial charge >= 0.3 is 0 Å². The number of hydrogen-bond donors (Lipinski definition) is 1. The lowest BCUT2D eigenvalue weighted by atomic mass is 9.91. The van der Waals surface area contributed by atoms with Gasteiger partial charge in [-0.3, -0.25) is 0 Å². The first kappa shape index (κ1) is 12.0. The van der Waals surface area contributed by atoms with E-state index in [1.807, 2.05) is 11.3 Å². The number of hydrogen-bond acceptors (Lipinski definition) is 2. The van der Waals surface area contributed by atoms with Crippen LogP contribution in [0.3, 0.4) is 0 Å². The predicted molar refractivity (Wildman–Crippen MR) is 65.6 cm³/mol. The second-order valence-corrected chi connectivity index (χ2v) is 5.41. The average molecular weight is 232 g/mol. The molecule has 0 amide bonds. The zero-order chi connectivity index (χ0) is 10.4. The molecule has 0 aromatic carbocycles. The number of nitrogens with one attached hydrogen (secondary N) is 1. The summed E-state index contributed by atoms with van der Waals surface area (Å²) in [5, 5.41) is 5.57. The van der Waals surface area contributed by atoms with E-state index >= 15 is 0 Å². The van der Waals surface area contributed by atoms with Crippen LogP contribution in [-0.2, 0) is 5.41 Å². The summed E-state index contributed by atoms with van der Waals surface area (Å²) in [6.07, 6.45) is 1.04. The highest BCUT2D eigenvalue weighted by atomic mass is 35.5. The Hall–Kier alpha value is -0.0500. The highest BCUT2D eigenvalue weighted by Gasteiger charge is 2.20. The van der Waals surface area contributed by atoms with E-state index in [-0.39, 0.29) is 5.41 Å². The normalized spacial score (nSPS) is 11.9. The van der Waals surface area contributed by atoms with Crippen molar-refractivity contribution in [2.45, 2.75) is 25.7 Å².